The third-order valence-corrected chi connectivity index (χ3v) is 10.2. The summed E-state index contributed by atoms with van der Waals surface area (Å²) >= 11 is 6.03. The summed E-state index contributed by atoms with van der Waals surface area (Å²) in [5, 5.41) is 33.3. The Morgan fingerprint density at radius 3 is 2.14 bits per heavy atom. The number of likely N-dealkylation sites (N-methyl/N-ethyl adjacent to an activating group) is 1. The van der Waals surface area contributed by atoms with Gasteiger partial charge < -0.3 is 46.9 Å². The number of fused-ring (bicyclic) bond motifs is 5. The first-order valence-electron chi connectivity index (χ1n) is 18.9. The van der Waals surface area contributed by atoms with Gasteiger partial charge in [-0.3, -0.25) is 24.0 Å². The van der Waals surface area contributed by atoms with Crippen molar-refractivity contribution in [3.63, 3.8) is 0 Å². The largest absolute Gasteiger partial charge is 0.507 e. The molecule has 304 valence electrons. The fourth-order valence-electron chi connectivity index (χ4n) is 6.70. The Hall–Kier alpha value is -6.25. The average Bonchev–Trinajstić information content (AvgIpc) is 3.21. The molecular formula is C43H47ClN6O8. The van der Waals surface area contributed by atoms with Crippen LogP contribution in [0, 0.1) is 0 Å². The van der Waals surface area contributed by atoms with Gasteiger partial charge in [-0.2, -0.15) is 0 Å². The van der Waals surface area contributed by atoms with Crippen molar-refractivity contribution in [1.29, 1.82) is 0 Å². The van der Waals surface area contributed by atoms with Crippen LogP contribution in [-0.4, -0.2) is 88.7 Å². The Bertz CT molecular complexity index is 2160. The summed E-state index contributed by atoms with van der Waals surface area (Å²) in [6.45, 7) is 3.24. The molecule has 4 aromatic carbocycles. The van der Waals surface area contributed by atoms with Gasteiger partial charge in [0.2, 0.25) is 23.6 Å². The van der Waals surface area contributed by atoms with E-state index in [2.05, 4.69) is 21.3 Å². The molecule has 5 unspecified atom stereocenters. The molecule has 0 saturated heterocycles. The molecule has 5 atom stereocenters. The molecule has 0 spiro atoms. The van der Waals surface area contributed by atoms with Gasteiger partial charge in [-0.25, -0.2) is 0 Å². The lowest BCUT2D eigenvalue weighted by molar-refractivity contribution is -0.141. The van der Waals surface area contributed by atoms with Crippen molar-refractivity contribution >= 4 is 47.4 Å². The van der Waals surface area contributed by atoms with Gasteiger partial charge in [-0.1, -0.05) is 48.0 Å². The number of nitrogens with one attached hydrogen (secondary N) is 4. The number of benzene rings is 4. The molecule has 8 N–H and O–H groups in total. The second-order valence-electron chi connectivity index (χ2n) is 14.3. The van der Waals surface area contributed by atoms with E-state index in [-0.39, 0.29) is 41.0 Å². The van der Waals surface area contributed by atoms with E-state index in [0.29, 0.717) is 41.8 Å². The van der Waals surface area contributed by atoms with Crippen LogP contribution in [0.1, 0.15) is 60.6 Å². The second-order valence-corrected chi connectivity index (χ2v) is 14.7. The highest BCUT2D eigenvalue weighted by molar-refractivity contribution is 6.30. The van der Waals surface area contributed by atoms with Crippen LogP contribution in [0.3, 0.4) is 0 Å². The Morgan fingerprint density at radius 2 is 1.50 bits per heavy atom. The maximum atomic E-state index is 14.5. The first-order chi connectivity index (χ1) is 27.7. The highest BCUT2D eigenvalue weighted by Gasteiger charge is 2.36. The van der Waals surface area contributed by atoms with Gasteiger partial charge in [0, 0.05) is 35.2 Å². The summed E-state index contributed by atoms with van der Waals surface area (Å²) < 4.78 is 0. The molecule has 4 bridgehead atoms. The number of phenols is 2. The van der Waals surface area contributed by atoms with E-state index in [9.17, 15) is 39.0 Å². The number of aromatic hydroxyl groups is 2. The van der Waals surface area contributed by atoms with Crippen molar-refractivity contribution in [3.05, 3.63) is 107 Å². The summed E-state index contributed by atoms with van der Waals surface area (Å²) in [6, 6.07) is 17.0. The smallest absolute Gasteiger partial charge is 0.251 e. The maximum Gasteiger partial charge on any atom is 0.251 e. The third kappa shape index (κ3) is 10.4. The summed E-state index contributed by atoms with van der Waals surface area (Å²) in [5.41, 5.74) is 8.79. The number of halogens is 1. The monoisotopic (exact) mass is 810 g/mol. The topological polar surface area (TPSA) is 220 Å². The Morgan fingerprint density at radius 1 is 0.879 bits per heavy atom. The molecule has 1 aliphatic heterocycles. The van der Waals surface area contributed by atoms with Gasteiger partial charge in [0.1, 0.15) is 42.0 Å². The van der Waals surface area contributed by atoms with Gasteiger partial charge in [-0.15, -0.1) is 0 Å². The maximum absolute atomic E-state index is 14.5. The lowest BCUT2D eigenvalue weighted by Gasteiger charge is -2.32. The van der Waals surface area contributed by atoms with E-state index in [1.54, 1.807) is 42.5 Å². The molecule has 0 aliphatic carbocycles. The predicted octanol–water partition coefficient (Wildman–Crippen LogP) is 3.76. The quantitative estimate of drug-likeness (QED) is 0.0817. The molecule has 0 fully saturated rings. The zero-order chi connectivity index (χ0) is 42.1. The number of carbonyl (C=O) groups excluding carboxylic acids is 6. The number of aldehydes is 1. The van der Waals surface area contributed by atoms with Crippen LogP contribution in [0.2, 0.25) is 5.02 Å². The number of nitrogens with two attached hydrogens (primary N) is 1. The van der Waals surface area contributed by atoms with Crippen LogP contribution < -0.4 is 27.0 Å². The van der Waals surface area contributed by atoms with Crippen molar-refractivity contribution < 1.29 is 39.0 Å². The summed E-state index contributed by atoms with van der Waals surface area (Å²) in [5.74, 6) is -3.80. The van der Waals surface area contributed by atoms with E-state index >= 15 is 0 Å². The molecular weight excluding hydrogens is 764 g/mol. The van der Waals surface area contributed by atoms with E-state index in [4.69, 9.17) is 17.3 Å². The number of rotatable bonds is 12. The van der Waals surface area contributed by atoms with E-state index in [1.165, 1.54) is 51.2 Å². The summed E-state index contributed by atoms with van der Waals surface area (Å²) in [6.07, 6.45) is 1.69. The number of hydrogen-bond donors (Lipinski definition) is 7. The third-order valence-electron chi connectivity index (χ3n) is 9.94. The number of nitrogens with zero attached hydrogens (tertiary/aromatic N) is 1. The van der Waals surface area contributed by atoms with Crippen LogP contribution >= 0.6 is 11.6 Å². The van der Waals surface area contributed by atoms with Crippen LogP contribution in [0.15, 0.2) is 84.9 Å². The molecule has 0 radical (unpaired) electrons. The molecule has 58 heavy (non-hydrogen) atoms. The number of hydrogen-bond acceptors (Lipinski definition) is 9. The molecule has 0 saturated carbocycles. The first-order valence-corrected chi connectivity index (χ1v) is 19.2. The second kappa shape index (κ2) is 19.3. The predicted molar refractivity (Wildman–Crippen MR) is 219 cm³/mol. The van der Waals surface area contributed by atoms with Gasteiger partial charge >= 0.3 is 0 Å². The van der Waals surface area contributed by atoms with Gasteiger partial charge in [0.25, 0.3) is 5.91 Å². The molecule has 1 aliphatic rings. The Labute approximate surface area is 341 Å². The Kier molecular flexibility index (Phi) is 14.2. The van der Waals surface area contributed by atoms with Gasteiger partial charge in [-0.05, 0) is 110 Å². The van der Waals surface area contributed by atoms with Crippen molar-refractivity contribution in [2.24, 2.45) is 5.73 Å². The molecule has 5 rings (SSSR count). The molecule has 0 aromatic heterocycles. The molecule has 15 heteroatoms. The van der Waals surface area contributed by atoms with Crippen LogP contribution in [0.25, 0.3) is 22.3 Å². The van der Waals surface area contributed by atoms with Gasteiger partial charge in [0.05, 0.1) is 6.04 Å². The minimum Gasteiger partial charge on any atom is -0.507 e. The minimum atomic E-state index is -1.42. The van der Waals surface area contributed by atoms with Crippen LogP contribution in [0.5, 0.6) is 11.5 Å². The van der Waals surface area contributed by atoms with Crippen molar-refractivity contribution in [2.75, 3.05) is 13.6 Å². The molecule has 1 heterocycles. The lowest BCUT2D eigenvalue weighted by atomic mass is 9.93. The van der Waals surface area contributed by atoms with E-state index < -0.39 is 59.7 Å². The van der Waals surface area contributed by atoms with E-state index in [0.717, 1.165) is 16.0 Å². The fourth-order valence-corrected chi connectivity index (χ4v) is 6.82. The first kappa shape index (κ1) is 42.9. The molecule has 5 amide bonds. The summed E-state index contributed by atoms with van der Waals surface area (Å²) in [7, 11) is 1.39. The zero-order valence-electron chi connectivity index (χ0n) is 32.3. The summed E-state index contributed by atoms with van der Waals surface area (Å²) in [4.78, 5) is 81.7. The van der Waals surface area contributed by atoms with Crippen molar-refractivity contribution in [2.45, 2.75) is 69.7 Å². The Balaban J connectivity index is 1.50. The number of phenolic OH excluding ortho intramolecular Hbond substituents is 2. The number of unbranched alkanes of at least 4 members (excludes halogenated alkanes) is 1. The van der Waals surface area contributed by atoms with Crippen molar-refractivity contribution in [1.82, 2.24) is 26.2 Å². The SMILES string of the molecule is CC(C=O)NC(=O)C1Cc2ccc(O)c(c2)-c2cc(ccc2O)C(N(C)C(=O)C(CCCCN)NC(=O)c2ccc(-c3ccc(Cl)cc3)cc2)C(=O)NC(C)C(=O)N1. The minimum absolute atomic E-state index is 0.0683. The lowest BCUT2D eigenvalue weighted by Crippen LogP contribution is -2.56. The van der Waals surface area contributed by atoms with Crippen LogP contribution in [-0.2, 0) is 30.4 Å². The average molecular weight is 811 g/mol. The van der Waals surface area contributed by atoms with Gasteiger partial charge in [0.15, 0.2) is 0 Å². The number of amides is 5. The zero-order valence-corrected chi connectivity index (χ0v) is 33.1. The highest BCUT2D eigenvalue weighted by atomic mass is 35.5. The fraction of sp³-hybridized carbons (Fsp3) is 0.302. The molecule has 4 aromatic rings. The van der Waals surface area contributed by atoms with E-state index in [1.807, 2.05) is 12.1 Å². The highest BCUT2D eigenvalue weighted by Crippen LogP contribution is 2.39. The normalized spacial score (nSPS) is 17.7. The number of carbonyl (C=O) groups is 6. The van der Waals surface area contributed by atoms with Crippen molar-refractivity contribution in [3.8, 4) is 33.8 Å². The van der Waals surface area contributed by atoms with Crippen LogP contribution in [0.4, 0.5) is 0 Å². The standard InChI is InChI=1S/C43H47ClN6O8/c1-24(23-51)46-41(56)35-21-26-7-17-36(52)32(20-26)33-22-30(14-18-37(33)53)38(42(57)47-25(2)39(54)49-35)50(3)43(58)34(6-4-5-19-45)48-40(55)29-10-8-27(9-11-29)28-12-15-31(44)16-13-28/h7-18,20,22-25,34-35,38,52-53H,4-6,19,21,45H2,1-3H3,(H,46,56)(H,47,57)(H,48,55)(H,49,54). The molecule has 14 nitrogen and oxygen atoms in total.